The summed E-state index contributed by atoms with van der Waals surface area (Å²) in [5, 5.41) is 3.20. The van der Waals surface area contributed by atoms with Crippen LogP contribution in [-0.2, 0) is 0 Å². The van der Waals surface area contributed by atoms with Crippen molar-refractivity contribution in [2.45, 2.75) is 19.3 Å². The maximum absolute atomic E-state index is 11.0. The maximum Gasteiger partial charge on any atom is 0.250 e. The number of amides is 1. The van der Waals surface area contributed by atoms with Gasteiger partial charge in [0.05, 0.1) is 5.56 Å². The molecule has 0 aromatic carbocycles. The zero-order valence-corrected chi connectivity index (χ0v) is 11.4. The Morgan fingerprint density at radius 2 is 2.21 bits per heavy atom. The number of carbonyl (C=O) groups is 1. The predicted molar refractivity (Wildman–Crippen MR) is 76.2 cm³/mol. The lowest BCUT2D eigenvalue weighted by atomic mass is 9.93. The molecule has 104 valence electrons. The summed E-state index contributed by atoms with van der Waals surface area (Å²) in [5.74, 6) is 1.33. The summed E-state index contributed by atoms with van der Waals surface area (Å²) in [6.45, 7) is 3.17. The molecule has 1 aliphatic heterocycles. The number of aromatic nitrogens is 1. The Balaban J connectivity index is 1.88. The van der Waals surface area contributed by atoms with Gasteiger partial charge in [-0.2, -0.15) is 0 Å². The van der Waals surface area contributed by atoms with E-state index in [9.17, 15) is 4.79 Å². The Morgan fingerprint density at radius 3 is 2.74 bits per heavy atom. The van der Waals surface area contributed by atoms with Gasteiger partial charge in [0.1, 0.15) is 5.82 Å². The van der Waals surface area contributed by atoms with Crippen LogP contribution in [0.1, 0.15) is 29.6 Å². The maximum atomic E-state index is 11.0. The number of hydrogen-bond donors (Lipinski definition) is 2. The van der Waals surface area contributed by atoms with E-state index in [1.807, 2.05) is 13.1 Å². The number of carbonyl (C=O) groups excluding carboxylic acids is 1. The molecule has 5 nitrogen and oxygen atoms in total. The number of nitrogens with zero attached hydrogens (tertiary/aromatic N) is 2. The number of anilines is 1. The van der Waals surface area contributed by atoms with Gasteiger partial charge in [-0.1, -0.05) is 0 Å². The Bertz CT molecular complexity index is 410. The highest BCUT2D eigenvalue weighted by Crippen LogP contribution is 2.23. The topological polar surface area (TPSA) is 71.2 Å². The molecule has 0 spiro atoms. The fraction of sp³-hybridized carbons (Fsp3) is 0.571. The minimum Gasteiger partial charge on any atom is -0.366 e. The van der Waals surface area contributed by atoms with Crippen molar-refractivity contribution < 1.29 is 4.79 Å². The smallest absolute Gasteiger partial charge is 0.250 e. The van der Waals surface area contributed by atoms with Crippen LogP contribution in [0.5, 0.6) is 0 Å². The van der Waals surface area contributed by atoms with Gasteiger partial charge in [0.25, 0.3) is 0 Å². The van der Waals surface area contributed by atoms with Gasteiger partial charge in [0.15, 0.2) is 0 Å². The van der Waals surface area contributed by atoms with Crippen LogP contribution in [0.4, 0.5) is 5.82 Å². The van der Waals surface area contributed by atoms with Crippen LogP contribution in [0, 0.1) is 5.92 Å². The summed E-state index contributed by atoms with van der Waals surface area (Å²) >= 11 is 0. The van der Waals surface area contributed by atoms with Crippen LogP contribution in [0.3, 0.4) is 0 Å². The first-order valence-electron chi connectivity index (χ1n) is 6.86. The highest BCUT2D eigenvalue weighted by Gasteiger charge is 2.19. The molecule has 19 heavy (non-hydrogen) atoms. The molecular formula is C14H22N4O. The van der Waals surface area contributed by atoms with Gasteiger partial charge >= 0.3 is 0 Å². The van der Waals surface area contributed by atoms with E-state index in [1.54, 1.807) is 12.3 Å². The van der Waals surface area contributed by atoms with Crippen molar-refractivity contribution in [1.82, 2.24) is 10.3 Å². The molecule has 3 N–H and O–H groups in total. The lowest BCUT2D eigenvalue weighted by Gasteiger charge is -2.32. The van der Waals surface area contributed by atoms with E-state index in [1.165, 1.54) is 19.3 Å². The van der Waals surface area contributed by atoms with E-state index < -0.39 is 5.91 Å². The van der Waals surface area contributed by atoms with Crippen molar-refractivity contribution in [3.05, 3.63) is 23.9 Å². The number of nitrogens with one attached hydrogen (secondary N) is 1. The summed E-state index contributed by atoms with van der Waals surface area (Å²) in [4.78, 5) is 17.6. The highest BCUT2D eigenvalue weighted by atomic mass is 16.1. The van der Waals surface area contributed by atoms with E-state index in [2.05, 4.69) is 15.2 Å². The molecule has 1 aliphatic rings. The third-order valence-electron chi connectivity index (χ3n) is 3.77. The van der Waals surface area contributed by atoms with Crippen molar-refractivity contribution in [2.24, 2.45) is 11.7 Å². The second-order valence-corrected chi connectivity index (χ2v) is 5.09. The normalized spacial score (nSPS) is 16.6. The standard InChI is InChI=1S/C14H22N4O/c1-16-7-4-11-5-8-18(9-6-11)13-3-2-12(10-17-13)14(15)19/h2-3,10-11,16H,4-9H2,1H3,(H2,15,19). The van der Waals surface area contributed by atoms with Gasteiger partial charge in [-0.05, 0) is 50.9 Å². The number of hydrogen-bond acceptors (Lipinski definition) is 4. The number of pyridine rings is 1. The monoisotopic (exact) mass is 262 g/mol. The summed E-state index contributed by atoms with van der Waals surface area (Å²) < 4.78 is 0. The zero-order valence-electron chi connectivity index (χ0n) is 11.4. The van der Waals surface area contributed by atoms with Crippen LogP contribution in [0.2, 0.25) is 0 Å². The molecule has 5 heteroatoms. The number of primary amides is 1. The van der Waals surface area contributed by atoms with Crippen molar-refractivity contribution in [3.8, 4) is 0 Å². The minimum atomic E-state index is -0.426. The quantitative estimate of drug-likeness (QED) is 0.830. The molecule has 2 rings (SSSR count). The van der Waals surface area contributed by atoms with Gasteiger partial charge in [-0.25, -0.2) is 4.98 Å². The molecule has 1 saturated heterocycles. The molecule has 1 aromatic heterocycles. The second-order valence-electron chi connectivity index (χ2n) is 5.09. The molecular weight excluding hydrogens is 240 g/mol. The average Bonchev–Trinajstić information content (AvgIpc) is 2.46. The third-order valence-corrected chi connectivity index (χ3v) is 3.77. The van der Waals surface area contributed by atoms with Crippen molar-refractivity contribution in [2.75, 3.05) is 31.6 Å². The Kier molecular flexibility index (Phi) is 4.74. The molecule has 0 radical (unpaired) electrons. The predicted octanol–water partition coefficient (Wildman–Crippen LogP) is 1.01. The molecule has 0 bridgehead atoms. The first-order chi connectivity index (χ1) is 9.20. The van der Waals surface area contributed by atoms with E-state index in [4.69, 9.17) is 5.73 Å². The molecule has 2 heterocycles. The van der Waals surface area contributed by atoms with Crippen LogP contribution >= 0.6 is 0 Å². The lowest BCUT2D eigenvalue weighted by Crippen LogP contribution is -2.35. The van der Waals surface area contributed by atoms with Crippen molar-refractivity contribution in [3.63, 3.8) is 0 Å². The van der Waals surface area contributed by atoms with Gasteiger partial charge in [-0.3, -0.25) is 4.79 Å². The van der Waals surface area contributed by atoms with Gasteiger partial charge in [0.2, 0.25) is 5.91 Å². The summed E-state index contributed by atoms with van der Waals surface area (Å²) in [7, 11) is 2.00. The minimum absolute atomic E-state index is 0.426. The SMILES string of the molecule is CNCCC1CCN(c2ccc(C(N)=O)cn2)CC1. The van der Waals surface area contributed by atoms with Gasteiger partial charge in [-0.15, -0.1) is 0 Å². The lowest BCUT2D eigenvalue weighted by molar-refractivity contribution is 0.1000. The van der Waals surface area contributed by atoms with Crippen molar-refractivity contribution >= 4 is 11.7 Å². The van der Waals surface area contributed by atoms with E-state index >= 15 is 0 Å². The van der Waals surface area contributed by atoms with Gasteiger partial charge in [0, 0.05) is 19.3 Å². The fourth-order valence-corrected chi connectivity index (χ4v) is 2.52. The molecule has 1 fully saturated rings. The average molecular weight is 262 g/mol. The molecule has 1 amide bonds. The van der Waals surface area contributed by atoms with Crippen LogP contribution < -0.4 is 16.0 Å². The van der Waals surface area contributed by atoms with Gasteiger partial charge < -0.3 is 16.0 Å². The number of rotatable bonds is 5. The van der Waals surface area contributed by atoms with Crippen LogP contribution in [0.25, 0.3) is 0 Å². The molecule has 0 unspecified atom stereocenters. The largest absolute Gasteiger partial charge is 0.366 e. The third kappa shape index (κ3) is 3.67. The Hall–Kier alpha value is -1.62. The molecule has 0 aliphatic carbocycles. The molecule has 0 atom stereocenters. The number of piperidine rings is 1. The Morgan fingerprint density at radius 1 is 1.47 bits per heavy atom. The molecule has 1 aromatic rings. The first-order valence-corrected chi connectivity index (χ1v) is 6.86. The molecule has 0 saturated carbocycles. The van der Waals surface area contributed by atoms with Crippen LogP contribution in [-0.4, -0.2) is 37.6 Å². The second kappa shape index (κ2) is 6.52. The first kappa shape index (κ1) is 13.8. The highest BCUT2D eigenvalue weighted by molar-refractivity contribution is 5.92. The van der Waals surface area contributed by atoms with E-state index in [0.29, 0.717) is 5.56 Å². The summed E-state index contributed by atoms with van der Waals surface area (Å²) in [6, 6.07) is 3.63. The van der Waals surface area contributed by atoms with E-state index in [0.717, 1.165) is 31.4 Å². The van der Waals surface area contributed by atoms with Crippen LogP contribution in [0.15, 0.2) is 18.3 Å². The zero-order chi connectivity index (χ0) is 13.7. The fourth-order valence-electron chi connectivity index (χ4n) is 2.52. The Labute approximate surface area is 114 Å². The van der Waals surface area contributed by atoms with E-state index in [-0.39, 0.29) is 0 Å². The summed E-state index contributed by atoms with van der Waals surface area (Å²) in [6.07, 6.45) is 5.23. The number of nitrogens with two attached hydrogens (primary N) is 1. The van der Waals surface area contributed by atoms with Crippen molar-refractivity contribution in [1.29, 1.82) is 0 Å². The summed E-state index contributed by atoms with van der Waals surface area (Å²) in [5.41, 5.74) is 5.67.